The summed E-state index contributed by atoms with van der Waals surface area (Å²) in [4.78, 5) is 0. The maximum Gasteiger partial charge on any atom is 0.0236 e. The summed E-state index contributed by atoms with van der Waals surface area (Å²) < 4.78 is 22.0. The predicted molar refractivity (Wildman–Crippen MR) is 43.5 cm³/mol. The molecule has 0 atom stereocenters. The van der Waals surface area contributed by atoms with Crippen molar-refractivity contribution in [1.82, 2.24) is 0 Å². The zero-order valence-electron chi connectivity index (χ0n) is 10.2. The third kappa shape index (κ3) is 8.00. The molecule has 0 fully saturated rings. The van der Waals surface area contributed by atoms with E-state index >= 15 is 0 Å². The molecule has 9 heavy (non-hydrogen) atoms. The summed E-state index contributed by atoms with van der Waals surface area (Å²) in [5, 5.41) is 0. The maximum absolute atomic E-state index is 7.35. The Morgan fingerprint density at radius 3 is 1.56 bits per heavy atom. The summed E-state index contributed by atoms with van der Waals surface area (Å²) >= 11 is 0. The van der Waals surface area contributed by atoms with E-state index in [4.69, 9.17) is 4.11 Å². The Kier molecular flexibility index (Phi) is 1.23. The third-order valence-electron chi connectivity index (χ3n) is 0.972. The first kappa shape index (κ1) is 4.76. The van der Waals surface area contributed by atoms with Crippen molar-refractivity contribution < 1.29 is 4.11 Å². The van der Waals surface area contributed by atoms with Crippen LogP contribution < -0.4 is 0 Å². The van der Waals surface area contributed by atoms with Crippen molar-refractivity contribution in [2.24, 2.45) is 10.8 Å². The minimum absolute atomic E-state index is 0.0813. The lowest BCUT2D eigenvalue weighted by atomic mass is 9.78. The van der Waals surface area contributed by atoms with Crippen LogP contribution >= 0.6 is 0 Å². The Morgan fingerprint density at radius 1 is 1.00 bits per heavy atom. The van der Waals surface area contributed by atoms with Crippen LogP contribution in [-0.4, -0.2) is 0 Å². The van der Waals surface area contributed by atoms with E-state index in [0.717, 1.165) is 6.42 Å². The van der Waals surface area contributed by atoms with Crippen molar-refractivity contribution in [3.8, 4) is 0 Å². The van der Waals surface area contributed by atoms with E-state index in [-0.39, 0.29) is 5.41 Å². The van der Waals surface area contributed by atoms with Crippen LogP contribution in [0.5, 0.6) is 0 Å². The summed E-state index contributed by atoms with van der Waals surface area (Å²) in [5.74, 6) is 0. The van der Waals surface area contributed by atoms with E-state index in [9.17, 15) is 0 Å². The molecule has 0 saturated carbocycles. The highest BCUT2D eigenvalue weighted by atomic mass is 14.3. The van der Waals surface area contributed by atoms with Crippen molar-refractivity contribution in [3.63, 3.8) is 0 Å². The van der Waals surface area contributed by atoms with Gasteiger partial charge in [0, 0.05) is 4.11 Å². The highest BCUT2D eigenvalue weighted by molar-refractivity contribution is 4.71. The van der Waals surface area contributed by atoms with Crippen LogP contribution in [0.4, 0.5) is 0 Å². The second-order valence-electron chi connectivity index (χ2n) is 4.62. The fourth-order valence-corrected chi connectivity index (χ4v) is 1.33. The molecule has 0 spiro atoms. The van der Waals surface area contributed by atoms with E-state index in [1.165, 1.54) is 0 Å². The zero-order valence-corrected chi connectivity index (χ0v) is 7.21. The van der Waals surface area contributed by atoms with Gasteiger partial charge in [-0.15, -0.1) is 0 Å². The minimum Gasteiger partial charge on any atom is -0.0602 e. The largest absolute Gasteiger partial charge is 0.0602 e. The highest BCUT2D eigenvalue weighted by Crippen LogP contribution is 2.31. The summed E-state index contributed by atoms with van der Waals surface area (Å²) in [6, 6.07) is 0. The number of rotatable bonds is 0. The maximum atomic E-state index is 7.35. The molecule has 0 N–H and O–H groups in total. The average Bonchev–Trinajstić information content (AvgIpc) is 1.52. The van der Waals surface area contributed by atoms with Gasteiger partial charge in [0.15, 0.2) is 0 Å². The van der Waals surface area contributed by atoms with E-state index in [0.29, 0.717) is 0 Å². The molecule has 0 aromatic rings. The first-order chi connectivity index (χ1) is 4.96. The molecule has 0 nitrogen and oxygen atoms in total. The van der Waals surface area contributed by atoms with Gasteiger partial charge < -0.3 is 0 Å². The van der Waals surface area contributed by atoms with Gasteiger partial charge in [0.2, 0.25) is 0 Å². The molecule has 0 rings (SSSR count). The lowest BCUT2D eigenvalue weighted by Gasteiger charge is -2.28. The van der Waals surface area contributed by atoms with Gasteiger partial charge in [-0.25, -0.2) is 0 Å². The average molecular weight is 131 g/mol. The molecule has 0 heteroatoms. The second kappa shape index (κ2) is 2.32. The SMILES string of the molecule is [2H]C([2H])([2H])C(C)(C)CC(C)(C)C. The van der Waals surface area contributed by atoms with Gasteiger partial charge in [0.25, 0.3) is 0 Å². The van der Waals surface area contributed by atoms with Crippen LogP contribution in [0.3, 0.4) is 0 Å². The normalized spacial score (nSPS) is 20.3. The van der Waals surface area contributed by atoms with Crippen molar-refractivity contribution in [1.29, 1.82) is 0 Å². The van der Waals surface area contributed by atoms with E-state index in [2.05, 4.69) is 20.8 Å². The zero-order chi connectivity index (χ0) is 10.2. The molecule has 0 aliphatic carbocycles. The Balaban J connectivity index is 4.44. The van der Waals surface area contributed by atoms with Crippen LogP contribution in [0, 0.1) is 10.8 Å². The van der Waals surface area contributed by atoms with Crippen molar-refractivity contribution in [2.75, 3.05) is 0 Å². The lowest BCUT2D eigenvalue weighted by molar-refractivity contribution is 0.233. The van der Waals surface area contributed by atoms with Gasteiger partial charge in [-0.1, -0.05) is 41.5 Å². The summed E-state index contributed by atoms with van der Waals surface area (Å²) in [6.45, 7) is 7.98. The van der Waals surface area contributed by atoms with E-state index in [1.807, 2.05) is 13.8 Å². The summed E-state index contributed by atoms with van der Waals surface area (Å²) in [7, 11) is 0. The van der Waals surface area contributed by atoms with Gasteiger partial charge in [0.1, 0.15) is 0 Å². The predicted octanol–water partition coefficient (Wildman–Crippen LogP) is 3.47. The number of hydrogen-bond donors (Lipinski definition) is 0. The molecule has 0 amide bonds. The molecule has 0 unspecified atom stereocenters. The molecule has 0 saturated heterocycles. The molecule has 0 heterocycles. The fraction of sp³-hybridized carbons (Fsp3) is 1.00. The van der Waals surface area contributed by atoms with Crippen LogP contribution in [-0.2, 0) is 0 Å². The van der Waals surface area contributed by atoms with E-state index < -0.39 is 12.3 Å². The summed E-state index contributed by atoms with van der Waals surface area (Å²) in [6.07, 6.45) is 0.719. The smallest absolute Gasteiger partial charge is 0.0236 e. The first-order valence-corrected chi connectivity index (χ1v) is 3.46. The van der Waals surface area contributed by atoms with Crippen LogP contribution in [0.2, 0.25) is 0 Å². The fourth-order valence-electron chi connectivity index (χ4n) is 1.33. The monoisotopic (exact) mass is 131 g/mol. The molecule has 0 bridgehead atoms. The minimum atomic E-state index is -1.85. The Labute approximate surface area is 63.9 Å². The Morgan fingerprint density at radius 2 is 1.44 bits per heavy atom. The Bertz CT molecular complexity index is 148. The second-order valence-corrected chi connectivity index (χ2v) is 4.62. The van der Waals surface area contributed by atoms with E-state index in [1.54, 1.807) is 0 Å². The van der Waals surface area contributed by atoms with Crippen molar-refractivity contribution in [3.05, 3.63) is 0 Å². The molecule has 56 valence electrons. The van der Waals surface area contributed by atoms with Crippen molar-refractivity contribution >= 4 is 0 Å². The molecule has 0 aliphatic rings. The lowest BCUT2D eigenvalue weighted by Crippen LogP contribution is -2.16. The highest BCUT2D eigenvalue weighted by Gasteiger charge is 2.19. The molecule has 0 aromatic carbocycles. The standard InChI is InChI=1S/C9H20/c1-8(2,3)7-9(4,5)6/h7H2,1-6H3/i1D3. The van der Waals surface area contributed by atoms with Gasteiger partial charge in [-0.05, 0) is 17.3 Å². The molecular formula is C9H20. The van der Waals surface area contributed by atoms with Gasteiger partial charge in [-0.3, -0.25) is 0 Å². The van der Waals surface area contributed by atoms with Crippen molar-refractivity contribution in [2.45, 2.75) is 47.9 Å². The molecule has 0 radical (unpaired) electrons. The quantitative estimate of drug-likeness (QED) is 0.472. The molecular weight excluding hydrogens is 108 g/mol. The third-order valence-corrected chi connectivity index (χ3v) is 0.972. The van der Waals surface area contributed by atoms with Gasteiger partial charge in [-0.2, -0.15) is 0 Å². The van der Waals surface area contributed by atoms with Crippen LogP contribution in [0.15, 0.2) is 0 Å². The molecule has 0 aliphatic heterocycles. The van der Waals surface area contributed by atoms with Gasteiger partial charge in [0.05, 0.1) is 0 Å². The van der Waals surface area contributed by atoms with Crippen LogP contribution in [0.1, 0.15) is 52.0 Å². The Hall–Kier alpha value is 0. The molecule has 0 aromatic heterocycles. The number of hydrogen-bond acceptors (Lipinski definition) is 0. The summed E-state index contributed by atoms with van der Waals surface area (Å²) in [5.41, 5.74) is -0.497. The first-order valence-electron chi connectivity index (χ1n) is 4.96. The topological polar surface area (TPSA) is 0 Å². The van der Waals surface area contributed by atoms with Gasteiger partial charge >= 0.3 is 0 Å². The van der Waals surface area contributed by atoms with Crippen LogP contribution in [0.25, 0.3) is 0 Å².